The van der Waals surface area contributed by atoms with Crippen molar-refractivity contribution in [1.82, 2.24) is 19.6 Å². The van der Waals surface area contributed by atoms with Gasteiger partial charge in [-0.3, -0.25) is 14.0 Å². The van der Waals surface area contributed by atoms with Gasteiger partial charge in [-0.2, -0.15) is 0 Å². The third-order valence-electron chi connectivity index (χ3n) is 6.27. The second-order valence-electron chi connectivity index (χ2n) is 8.77. The topological polar surface area (TPSA) is 92.7 Å². The number of pyridine rings is 1. The average molecular weight is 474 g/mol. The number of fused-ring (bicyclic) bond motifs is 1. The number of amides is 2. The van der Waals surface area contributed by atoms with E-state index in [9.17, 15) is 9.59 Å². The first kappa shape index (κ1) is 29.6. The molecule has 2 fully saturated rings. The summed E-state index contributed by atoms with van der Waals surface area (Å²) < 4.78 is 1.67. The zero-order valence-corrected chi connectivity index (χ0v) is 22.3. The second-order valence-corrected chi connectivity index (χ2v) is 8.77. The van der Waals surface area contributed by atoms with Gasteiger partial charge in [0, 0.05) is 25.8 Å². The lowest BCUT2D eigenvalue weighted by Crippen LogP contribution is -2.27. The molecule has 192 valence electrons. The zero-order valence-electron chi connectivity index (χ0n) is 22.3. The highest BCUT2D eigenvalue weighted by Crippen LogP contribution is 2.29. The van der Waals surface area contributed by atoms with Crippen molar-refractivity contribution in [2.75, 3.05) is 26.7 Å². The van der Waals surface area contributed by atoms with Crippen LogP contribution in [-0.2, 0) is 0 Å². The van der Waals surface area contributed by atoms with Crippen LogP contribution in [0.5, 0.6) is 0 Å². The zero-order chi connectivity index (χ0) is 25.5. The van der Waals surface area contributed by atoms with Gasteiger partial charge in [0.2, 0.25) is 0 Å². The fraction of sp³-hybridized carbons (Fsp3) is 0.667. The number of imidazole rings is 1. The Morgan fingerprint density at radius 3 is 2.21 bits per heavy atom. The van der Waals surface area contributed by atoms with Gasteiger partial charge in [-0.1, -0.05) is 65.9 Å². The van der Waals surface area contributed by atoms with E-state index in [4.69, 9.17) is 0 Å². The lowest BCUT2D eigenvalue weighted by Gasteiger charge is -2.24. The molecule has 0 bridgehead atoms. The number of nitrogens with two attached hydrogens (primary N) is 1. The highest BCUT2D eigenvalue weighted by molar-refractivity contribution is 5.95. The Morgan fingerprint density at radius 2 is 1.68 bits per heavy atom. The van der Waals surface area contributed by atoms with Crippen LogP contribution in [0, 0.1) is 11.8 Å². The van der Waals surface area contributed by atoms with Gasteiger partial charge in [-0.25, -0.2) is 4.98 Å². The van der Waals surface area contributed by atoms with Gasteiger partial charge < -0.3 is 16.0 Å². The fourth-order valence-corrected chi connectivity index (χ4v) is 4.43. The molecular formula is C27H47N5O2. The largest absolute Gasteiger partial charge is 0.351 e. The number of hydrogen-bond acceptors (Lipinski definition) is 4. The molecule has 7 nitrogen and oxygen atoms in total. The van der Waals surface area contributed by atoms with Crippen LogP contribution in [0.2, 0.25) is 0 Å². The molecule has 1 saturated carbocycles. The molecule has 0 aromatic carbocycles. The fourth-order valence-electron chi connectivity index (χ4n) is 4.43. The minimum atomic E-state index is -0.166. The van der Waals surface area contributed by atoms with Crippen LogP contribution in [0.1, 0.15) is 101 Å². The van der Waals surface area contributed by atoms with Crippen LogP contribution in [0.4, 0.5) is 0 Å². The lowest BCUT2D eigenvalue weighted by molar-refractivity contribution is 0.0787. The van der Waals surface area contributed by atoms with E-state index in [0.29, 0.717) is 23.6 Å². The highest BCUT2D eigenvalue weighted by atomic mass is 16.2. The number of carbonyl (C=O) groups excluding carboxylic acids is 2. The van der Waals surface area contributed by atoms with Gasteiger partial charge >= 0.3 is 0 Å². The Morgan fingerprint density at radius 1 is 1.06 bits per heavy atom. The van der Waals surface area contributed by atoms with Crippen LogP contribution in [-0.4, -0.2) is 52.8 Å². The van der Waals surface area contributed by atoms with Crippen LogP contribution in [0.3, 0.4) is 0 Å². The molecule has 2 aliphatic rings. The summed E-state index contributed by atoms with van der Waals surface area (Å²) in [6.45, 7) is 12.7. The SMILES string of the molecule is CC.CC(C)C1CCCCC1.CCNC(=O)c1cccc2nc(C(=O)N3CCCC3)cn12.CN. The number of rotatable bonds is 4. The Bertz CT molecular complexity index is 850. The van der Waals surface area contributed by atoms with E-state index >= 15 is 0 Å². The van der Waals surface area contributed by atoms with Crippen molar-refractivity contribution in [2.24, 2.45) is 17.6 Å². The van der Waals surface area contributed by atoms with E-state index < -0.39 is 0 Å². The Balaban J connectivity index is 0.000000373. The first-order valence-electron chi connectivity index (χ1n) is 13.1. The van der Waals surface area contributed by atoms with E-state index in [1.54, 1.807) is 28.8 Å². The van der Waals surface area contributed by atoms with E-state index in [0.717, 1.165) is 37.8 Å². The predicted molar refractivity (Wildman–Crippen MR) is 141 cm³/mol. The first-order valence-corrected chi connectivity index (χ1v) is 13.1. The van der Waals surface area contributed by atoms with Gasteiger partial charge in [-0.15, -0.1) is 0 Å². The maximum absolute atomic E-state index is 12.4. The van der Waals surface area contributed by atoms with Crippen molar-refractivity contribution >= 4 is 17.5 Å². The third kappa shape index (κ3) is 8.42. The van der Waals surface area contributed by atoms with E-state index in [-0.39, 0.29) is 11.8 Å². The predicted octanol–water partition coefficient (Wildman–Crippen LogP) is 5.14. The maximum atomic E-state index is 12.4. The molecule has 2 amide bonds. The number of aromatic nitrogens is 2. The van der Waals surface area contributed by atoms with Crippen LogP contribution >= 0.6 is 0 Å². The molecule has 0 unspecified atom stereocenters. The first-order chi connectivity index (χ1) is 16.5. The molecule has 34 heavy (non-hydrogen) atoms. The molecule has 3 N–H and O–H groups in total. The number of likely N-dealkylation sites (tertiary alicyclic amines) is 1. The van der Waals surface area contributed by atoms with Crippen molar-refractivity contribution in [3.05, 3.63) is 35.8 Å². The smallest absolute Gasteiger partial charge is 0.274 e. The standard InChI is InChI=1S/C15H18N4O2.C9H18.C2H6.CH5N/c1-2-16-14(20)12-6-5-7-13-17-11(10-19(12)13)15(21)18-8-3-4-9-18;1-8(2)9-6-4-3-5-7-9;2*1-2/h5-7,10H,2-4,8-9H2,1H3,(H,16,20);8-9H,3-7H2,1-2H3;1-2H3;2H2,1H3. The summed E-state index contributed by atoms with van der Waals surface area (Å²) in [5.74, 6) is 1.77. The van der Waals surface area contributed by atoms with Crippen molar-refractivity contribution < 1.29 is 9.59 Å². The summed E-state index contributed by atoms with van der Waals surface area (Å²) in [5.41, 5.74) is 6.00. The minimum Gasteiger partial charge on any atom is -0.351 e. The van der Waals surface area contributed by atoms with Crippen molar-refractivity contribution in [3.8, 4) is 0 Å². The summed E-state index contributed by atoms with van der Waals surface area (Å²) in [4.78, 5) is 30.6. The number of hydrogen-bond donors (Lipinski definition) is 2. The third-order valence-corrected chi connectivity index (χ3v) is 6.27. The quantitative estimate of drug-likeness (QED) is 0.643. The molecule has 0 radical (unpaired) electrons. The van der Waals surface area contributed by atoms with Crippen LogP contribution in [0.25, 0.3) is 5.65 Å². The van der Waals surface area contributed by atoms with Crippen LogP contribution < -0.4 is 11.1 Å². The highest BCUT2D eigenvalue weighted by Gasteiger charge is 2.22. The van der Waals surface area contributed by atoms with Gasteiger partial charge in [0.15, 0.2) is 0 Å². The van der Waals surface area contributed by atoms with Crippen molar-refractivity contribution in [2.45, 2.75) is 79.6 Å². The molecule has 0 atom stereocenters. The average Bonchev–Trinajstić information content (AvgIpc) is 3.57. The molecule has 0 spiro atoms. The van der Waals surface area contributed by atoms with Crippen molar-refractivity contribution in [1.29, 1.82) is 0 Å². The number of nitrogens with one attached hydrogen (secondary N) is 1. The second kappa shape index (κ2) is 16.3. The lowest BCUT2D eigenvalue weighted by atomic mass is 9.82. The van der Waals surface area contributed by atoms with E-state index in [2.05, 4.69) is 29.9 Å². The van der Waals surface area contributed by atoms with Gasteiger partial charge in [0.05, 0.1) is 0 Å². The van der Waals surface area contributed by atoms with Crippen molar-refractivity contribution in [3.63, 3.8) is 0 Å². The molecule has 7 heteroatoms. The molecule has 1 saturated heterocycles. The van der Waals surface area contributed by atoms with Gasteiger partial charge in [-0.05, 0) is 50.8 Å². The van der Waals surface area contributed by atoms with Gasteiger partial charge in [0.25, 0.3) is 11.8 Å². The number of nitrogens with zero attached hydrogens (tertiary/aromatic N) is 3. The van der Waals surface area contributed by atoms with E-state index in [1.807, 2.05) is 25.7 Å². The molecule has 1 aliphatic heterocycles. The summed E-state index contributed by atoms with van der Waals surface area (Å²) in [5, 5.41) is 2.76. The summed E-state index contributed by atoms with van der Waals surface area (Å²) in [6.07, 6.45) is 11.2. The summed E-state index contributed by atoms with van der Waals surface area (Å²) in [7, 11) is 1.50. The summed E-state index contributed by atoms with van der Waals surface area (Å²) >= 11 is 0. The normalized spacial score (nSPS) is 15.5. The Hall–Kier alpha value is -2.41. The minimum absolute atomic E-state index is 0.0574. The Labute approximate surface area is 206 Å². The summed E-state index contributed by atoms with van der Waals surface area (Å²) in [6, 6.07) is 5.30. The maximum Gasteiger partial charge on any atom is 0.274 e. The van der Waals surface area contributed by atoms with Gasteiger partial charge in [0.1, 0.15) is 17.0 Å². The monoisotopic (exact) mass is 473 g/mol. The molecule has 2 aromatic rings. The Kier molecular flexibility index (Phi) is 14.2. The molecule has 1 aliphatic carbocycles. The van der Waals surface area contributed by atoms with E-state index in [1.165, 1.54) is 39.2 Å². The van der Waals surface area contributed by atoms with Crippen LogP contribution in [0.15, 0.2) is 24.4 Å². The molecule has 4 rings (SSSR count). The molecule has 3 heterocycles. The molecular weight excluding hydrogens is 426 g/mol. The number of carbonyl (C=O) groups is 2. The molecule has 2 aromatic heterocycles.